The third-order valence-corrected chi connectivity index (χ3v) is 7.56. The van der Waals surface area contributed by atoms with Gasteiger partial charge in [-0.25, -0.2) is 0 Å². The van der Waals surface area contributed by atoms with E-state index in [-0.39, 0.29) is 23.5 Å². The Bertz CT molecular complexity index is 820. The Kier molecular flexibility index (Phi) is 3.59. The van der Waals surface area contributed by atoms with E-state index in [0.717, 1.165) is 17.6 Å². The molecule has 0 amide bonds. The second-order valence-electron chi connectivity index (χ2n) is 8.83. The summed E-state index contributed by atoms with van der Waals surface area (Å²) in [5.74, 6) is -0.963. The van der Waals surface area contributed by atoms with Crippen LogP contribution in [0.5, 0.6) is 0 Å². The first-order valence-electron chi connectivity index (χ1n) is 9.30. The topological polar surface area (TPSA) is 87.0 Å². The van der Waals surface area contributed by atoms with Gasteiger partial charge in [0.1, 0.15) is 11.5 Å². The van der Waals surface area contributed by atoms with Gasteiger partial charge in [-0.1, -0.05) is 36.7 Å². The number of allylic oxidation sites excluding steroid dienone is 6. The molecule has 0 aromatic heterocycles. The minimum absolute atomic E-state index is 0.0602. The average Bonchev–Trinajstić information content (AvgIpc) is 2.91. The van der Waals surface area contributed by atoms with Gasteiger partial charge in [0.2, 0.25) is 0 Å². The maximum absolute atomic E-state index is 13.3. The van der Waals surface area contributed by atoms with E-state index in [4.69, 9.17) is 5.21 Å². The maximum atomic E-state index is 13.3. The summed E-state index contributed by atoms with van der Waals surface area (Å²) in [6.07, 6.45) is 9.64. The highest BCUT2D eigenvalue weighted by Crippen LogP contribution is 2.64. The van der Waals surface area contributed by atoms with E-state index < -0.39 is 22.7 Å². The number of fused-ring (bicyclic) bond motifs is 5. The van der Waals surface area contributed by atoms with Crippen LogP contribution < -0.4 is 0 Å². The van der Waals surface area contributed by atoms with Crippen LogP contribution in [-0.2, 0) is 9.59 Å². The van der Waals surface area contributed by atoms with E-state index in [1.807, 2.05) is 26.0 Å². The lowest BCUT2D eigenvalue weighted by atomic mass is 9.48. The largest absolute Gasteiger partial charge is 0.481 e. The minimum Gasteiger partial charge on any atom is -0.481 e. The Labute approximate surface area is 153 Å². The van der Waals surface area contributed by atoms with Gasteiger partial charge in [-0.3, -0.25) is 9.59 Å². The van der Waals surface area contributed by atoms with Crippen molar-refractivity contribution in [2.45, 2.75) is 40.0 Å². The lowest BCUT2D eigenvalue weighted by Gasteiger charge is -2.54. The van der Waals surface area contributed by atoms with Crippen LogP contribution >= 0.6 is 0 Å². The normalized spacial score (nSPS) is 45.5. The molecule has 2 N–H and O–H groups in total. The van der Waals surface area contributed by atoms with E-state index in [1.54, 1.807) is 6.08 Å². The number of ketones is 1. The second kappa shape index (κ2) is 5.41. The van der Waals surface area contributed by atoms with Gasteiger partial charge >= 0.3 is 5.97 Å². The number of oxime groups is 1. The number of carboxylic acids is 1. The SMILES string of the molecule is CC1=C[C@H]2[C@@H]3CC[C@H](C(=O)O)[C@@]3(C)CC(=O)[C@@H]2[C@@]2(C)C=CC(=NO)C=C12. The van der Waals surface area contributed by atoms with Crippen molar-refractivity contribution in [1.82, 2.24) is 0 Å². The molecule has 4 aliphatic carbocycles. The van der Waals surface area contributed by atoms with Crippen LogP contribution in [0.2, 0.25) is 0 Å². The molecule has 5 nitrogen and oxygen atoms in total. The van der Waals surface area contributed by atoms with Crippen molar-refractivity contribution in [1.29, 1.82) is 0 Å². The number of carbonyl (C=O) groups excluding carboxylic acids is 1. The molecule has 0 radical (unpaired) electrons. The molecule has 0 spiro atoms. The molecule has 4 aliphatic rings. The number of hydrogen-bond acceptors (Lipinski definition) is 4. The number of rotatable bonds is 1. The number of hydrogen-bond donors (Lipinski definition) is 2. The molecule has 0 bridgehead atoms. The molecule has 138 valence electrons. The fourth-order valence-electron chi connectivity index (χ4n) is 6.39. The van der Waals surface area contributed by atoms with Crippen molar-refractivity contribution in [3.8, 4) is 0 Å². The van der Waals surface area contributed by atoms with Crippen molar-refractivity contribution in [3.63, 3.8) is 0 Å². The summed E-state index contributed by atoms with van der Waals surface area (Å²) in [6.45, 7) is 6.12. The summed E-state index contributed by atoms with van der Waals surface area (Å²) in [4.78, 5) is 25.1. The lowest BCUT2D eigenvalue weighted by Crippen LogP contribution is -2.54. The number of carboxylic acid groups (broad SMARTS) is 1. The first-order chi connectivity index (χ1) is 12.2. The van der Waals surface area contributed by atoms with Gasteiger partial charge in [-0.2, -0.15) is 0 Å². The predicted molar refractivity (Wildman–Crippen MR) is 96.9 cm³/mol. The van der Waals surface area contributed by atoms with Gasteiger partial charge in [0.25, 0.3) is 0 Å². The third kappa shape index (κ3) is 2.06. The van der Waals surface area contributed by atoms with Crippen LogP contribution in [0, 0.1) is 34.5 Å². The van der Waals surface area contributed by atoms with Crippen LogP contribution in [0.15, 0.2) is 40.6 Å². The zero-order valence-electron chi connectivity index (χ0n) is 15.4. The molecule has 0 aromatic carbocycles. The van der Waals surface area contributed by atoms with Crippen molar-refractivity contribution in [3.05, 3.63) is 35.5 Å². The Morgan fingerprint density at radius 2 is 2.04 bits per heavy atom. The van der Waals surface area contributed by atoms with E-state index in [0.29, 0.717) is 18.6 Å². The van der Waals surface area contributed by atoms with Crippen molar-refractivity contribution in [2.24, 2.45) is 39.7 Å². The Balaban J connectivity index is 1.84. The van der Waals surface area contributed by atoms with Gasteiger partial charge in [0.05, 0.1) is 5.92 Å². The standard InChI is InChI=1S/C21H25NO4/c1-11-8-13-14-4-5-15(19(24)25)21(14,3)10-17(23)18(13)20(2)7-6-12(22-26)9-16(11)20/h6-9,13-15,18,26H,4-5,10H2,1-3H3,(H,24,25)/t13-,14-,15+,18+,20-,21-/m0/s1. The first-order valence-corrected chi connectivity index (χ1v) is 9.30. The van der Waals surface area contributed by atoms with E-state index in [9.17, 15) is 14.7 Å². The molecular formula is C21H25NO4. The quantitative estimate of drug-likeness (QED) is 0.556. The smallest absolute Gasteiger partial charge is 0.307 e. The summed E-state index contributed by atoms with van der Waals surface area (Å²) >= 11 is 0. The van der Waals surface area contributed by atoms with E-state index in [1.165, 1.54) is 0 Å². The monoisotopic (exact) mass is 355 g/mol. The minimum atomic E-state index is -0.772. The molecule has 5 heteroatoms. The van der Waals surface area contributed by atoms with Gasteiger partial charge in [0, 0.05) is 17.8 Å². The molecular weight excluding hydrogens is 330 g/mol. The van der Waals surface area contributed by atoms with Crippen LogP contribution in [0.4, 0.5) is 0 Å². The van der Waals surface area contributed by atoms with Crippen molar-refractivity contribution < 1.29 is 19.9 Å². The Morgan fingerprint density at radius 3 is 2.69 bits per heavy atom. The zero-order chi connectivity index (χ0) is 18.9. The summed E-state index contributed by atoms with van der Waals surface area (Å²) in [5, 5.41) is 22.1. The molecule has 0 unspecified atom stereocenters. The molecule has 0 saturated heterocycles. The highest BCUT2D eigenvalue weighted by molar-refractivity contribution is 6.06. The summed E-state index contributed by atoms with van der Waals surface area (Å²) in [5.41, 5.74) is 1.71. The number of Topliss-reactive ketones (excluding diaryl/α,β-unsaturated/α-hetero) is 1. The van der Waals surface area contributed by atoms with Crippen LogP contribution in [0.1, 0.15) is 40.0 Å². The molecule has 2 fully saturated rings. The maximum Gasteiger partial charge on any atom is 0.307 e. The van der Waals surface area contributed by atoms with Crippen molar-refractivity contribution in [2.75, 3.05) is 0 Å². The lowest BCUT2D eigenvalue weighted by molar-refractivity contribution is -0.151. The molecule has 0 aliphatic heterocycles. The summed E-state index contributed by atoms with van der Waals surface area (Å²) in [7, 11) is 0. The average molecular weight is 355 g/mol. The fraction of sp³-hybridized carbons (Fsp3) is 0.571. The van der Waals surface area contributed by atoms with Crippen molar-refractivity contribution >= 4 is 17.5 Å². The molecule has 0 heterocycles. The molecule has 2 saturated carbocycles. The predicted octanol–water partition coefficient (Wildman–Crippen LogP) is 3.60. The van der Waals surface area contributed by atoms with Crippen LogP contribution in [0.3, 0.4) is 0 Å². The fourth-order valence-corrected chi connectivity index (χ4v) is 6.39. The van der Waals surface area contributed by atoms with Crippen LogP contribution in [-0.4, -0.2) is 27.8 Å². The van der Waals surface area contributed by atoms with Gasteiger partial charge in [0.15, 0.2) is 0 Å². The third-order valence-electron chi connectivity index (χ3n) is 7.56. The van der Waals surface area contributed by atoms with Crippen LogP contribution in [0.25, 0.3) is 0 Å². The van der Waals surface area contributed by atoms with Gasteiger partial charge < -0.3 is 10.3 Å². The molecule has 26 heavy (non-hydrogen) atoms. The molecule has 4 rings (SSSR count). The Hall–Kier alpha value is -2.17. The van der Waals surface area contributed by atoms with E-state index >= 15 is 0 Å². The second-order valence-corrected chi connectivity index (χ2v) is 8.83. The first kappa shape index (κ1) is 17.3. The molecule has 6 atom stereocenters. The van der Waals surface area contributed by atoms with Gasteiger partial charge in [-0.05, 0) is 54.7 Å². The zero-order valence-corrected chi connectivity index (χ0v) is 15.4. The molecule has 0 aromatic rings. The van der Waals surface area contributed by atoms with E-state index in [2.05, 4.69) is 18.2 Å². The number of nitrogens with zero attached hydrogens (tertiary/aromatic N) is 1. The Morgan fingerprint density at radius 1 is 1.31 bits per heavy atom. The highest BCUT2D eigenvalue weighted by atomic mass is 16.4. The highest BCUT2D eigenvalue weighted by Gasteiger charge is 2.62. The summed E-state index contributed by atoms with van der Waals surface area (Å²) < 4.78 is 0. The number of carbonyl (C=O) groups is 2. The summed E-state index contributed by atoms with van der Waals surface area (Å²) in [6, 6.07) is 0. The number of aliphatic carboxylic acids is 1. The van der Waals surface area contributed by atoms with Gasteiger partial charge in [-0.15, -0.1) is 0 Å².